The number of amides is 3. The maximum atomic E-state index is 13.3. The van der Waals surface area contributed by atoms with Crippen LogP contribution >= 0.6 is 0 Å². The SMILES string of the molecule is CC1CCC(NC(=O)C(Cc2ccccc2)N2C(=O)c3ccccc3C2=O)CC1. The number of hydrogen-bond donors (Lipinski definition) is 1. The minimum absolute atomic E-state index is 0.104. The highest BCUT2D eigenvalue weighted by Gasteiger charge is 2.43. The lowest BCUT2D eigenvalue weighted by Gasteiger charge is -2.31. The fourth-order valence-electron chi connectivity index (χ4n) is 4.33. The molecule has 5 nitrogen and oxygen atoms in total. The second kappa shape index (κ2) is 8.19. The highest BCUT2D eigenvalue weighted by molar-refractivity contribution is 6.22. The summed E-state index contributed by atoms with van der Waals surface area (Å²) < 4.78 is 0. The first-order chi connectivity index (χ1) is 14.0. The van der Waals surface area contributed by atoms with Crippen molar-refractivity contribution in [2.45, 2.75) is 51.1 Å². The lowest BCUT2D eigenvalue weighted by atomic mass is 9.87. The molecule has 1 unspecified atom stereocenters. The van der Waals surface area contributed by atoms with Crippen molar-refractivity contribution >= 4 is 17.7 Å². The minimum Gasteiger partial charge on any atom is -0.352 e. The normalized spacial score (nSPS) is 22.3. The number of carbonyl (C=O) groups is 3. The molecule has 1 heterocycles. The molecular formula is C24H26N2O3. The number of rotatable bonds is 5. The van der Waals surface area contributed by atoms with E-state index in [2.05, 4.69) is 12.2 Å². The van der Waals surface area contributed by atoms with Gasteiger partial charge in [0.15, 0.2) is 0 Å². The summed E-state index contributed by atoms with van der Waals surface area (Å²) in [4.78, 5) is 40.4. The second-order valence-electron chi connectivity index (χ2n) is 8.20. The summed E-state index contributed by atoms with van der Waals surface area (Å²) in [6, 6.07) is 15.6. The van der Waals surface area contributed by atoms with E-state index in [4.69, 9.17) is 0 Å². The molecule has 1 N–H and O–H groups in total. The molecule has 1 aliphatic carbocycles. The molecule has 0 aromatic heterocycles. The van der Waals surface area contributed by atoms with Crippen LogP contribution in [0.2, 0.25) is 0 Å². The summed E-state index contributed by atoms with van der Waals surface area (Å²) in [7, 11) is 0. The van der Waals surface area contributed by atoms with Crippen molar-refractivity contribution in [2.24, 2.45) is 5.92 Å². The van der Waals surface area contributed by atoms with E-state index in [9.17, 15) is 14.4 Å². The van der Waals surface area contributed by atoms with Gasteiger partial charge in [0, 0.05) is 12.5 Å². The van der Waals surface area contributed by atoms with Crippen molar-refractivity contribution in [3.63, 3.8) is 0 Å². The monoisotopic (exact) mass is 390 g/mol. The molecule has 2 aromatic carbocycles. The van der Waals surface area contributed by atoms with Gasteiger partial charge in [-0.3, -0.25) is 19.3 Å². The van der Waals surface area contributed by atoms with Gasteiger partial charge in [0.05, 0.1) is 11.1 Å². The third-order valence-corrected chi connectivity index (χ3v) is 6.07. The topological polar surface area (TPSA) is 66.5 Å². The van der Waals surface area contributed by atoms with E-state index >= 15 is 0 Å². The zero-order valence-corrected chi connectivity index (χ0v) is 16.6. The van der Waals surface area contributed by atoms with Gasteiger partial charge in [-0.1, -0.05) is 49.4 Å². The van der Waals surface area contributed by atoms with Gasteiger partial charge in [0.2, 0.25) is 5.91 Å². The van der Waals surface area contributed by atoms with E-state index < -0.39 is 6.04 Å². The van der Waals surface area contributed by atoms with Crippen molar-refractivity contribution in [3.8, 4) is 0 Å². The molecule has 0 bridgehead atoms. The highest BCUT2D eigenvalue weighted by atomic mass is 16.2. The summed E-state index contributed by atoms with van der Waals surface area (Å²) in [6.45, 7) is 2.23. The number of nitrogens with zero attached hydrogens (tertiary/aromatic N) is 1. The second-order valence-corrected chi connectivity index (χ2v) is 8.20. The third kappa shape index (κ3) is 3.95. The fourth-order valence-corrected chi connectivity index (χ4v) is 4.33. The maximum Gasteiger partial charge on any atom is 0.262 e. The lowest BCUT2D eigenvalue weighted by molar-refractivity contribution is -0.126. The van der Waals surface area contributed by atoms with Crippen molar-refractivity contribution < 1.29 is 14.4 Å². The standard InChI is InChI=1S/C24H26N2O3/c1-16-11-13-18(14-12-16)25-22(27)21(15-17-7-3-2-4-8-17)26-23(28)19-9-5-6-10-20(19)24(26)29/h2-10,16,18,21H,11-15H2,1H3,(H,25,27). The van der Waals surface area contributed by atoms with Crippen molar-refractivity contribution in [2.75, 3.05) is 0 Å². The van der Waals surface area contributed by atoms with Crippen LogP contribution in [0.15, 0.2) is 54.6 Å². The predicted molar refractivity (Wildman–Crippen MR) is 110 cm³/mol. The van der Waals surface area contributed by atoms with Gasteiger partial charge < -0.3 is 5.32 Å². The molecular weight excluding hydrogens is 364 g/mol. The molecule has 1 atom stereocenters. The summed E-state index contributed by atoms with van der Waals surface area (Å²) >= 11 is 0. The quantitative estimate of drug-likeness (QED) is 0.794. The molecule has 1 aliphatic heterocycles. The Hall–Kier alpha value is -2.95. The molecule has 0 saturated heterocycles. The Labute approximate surface area is 171 Å². The molecule has 2 aliphatic rings. The van der Waals surface area contributed by atoms with Crippen LogP contribution < -0.4 is 5.32 Å². The molecule has 0 spiro atoms. The van der Waals surface area contributed by atoms with Crippen molar-refractivity contribution in [1.82, 2.24) is 10.2 Å². The van der Waals surface area contributed by atoms with Crippen LogP contribution in [0.4, 0.5) is 0 Å². The first kappa shape index (κ1) is 19.4. The van der Waals surface area contributed by atoms with Gasteiger partial charge in [0.1, 0.15) is 6.04 Å². The predicted octanol–water partition coefficient (Wildman–Crippen LogP) is 3.59. The van der Waals surface area contributed by atoms with Crippen LogP contribution in [0.25, 0.3) is 0 Å². The number of fused-ring (bicyclic) bond motifs is 1. The zero-order valence-electron chi connectivity index (χ0n) is 16.6. The van der Waals surface area contributed by atoms with Crippen LogP contribution in [0.3, 0.4) is 0 Å². The van der Waals surface area contributed by atoms with Crippen LogP contribution in [0, 0.1) is 5.92 Å². The van der Waals surface area contributed by atoms with Crippen molar-refractivity contribution in [1.29, 1.82) is 0 Å². The number of benzene rings is 2. The Morgan fingerprint density at radius 3 is 2.07 bits per heavy atom. The highest BCUT2D eigenvalue weighted by Crippen LogP contribution is 2.27. The van der Waals surface area contributed by atoms with Crippen LogP contribution in [-0.4, -0.2) is 34.7 Å². The average molecular weight is 390 g/mol. The minimum atomic E-state index is -0.857. The van der Waals surface area contributed by atoms with E-state index in [-0.39, 0.29) is 23.8 Å². The molecule has 4 rings (SSSR count). The molecule has 0 radical (unpaired) electrons. The first-order valence-electron chi connectivity index (χ1n) is 10.4. The maximum absolute atomic E-state index is 13.3. The lowest BCUT2D eigenvalue weighted by Crippen LogP contribution is -2.53. The molecule has 29 heavy (non-hydrogen) atoms. The van der Waals surface area contributed by atoms with Crippen LogP contribution in [-0.2, 0) is 11.2 Å². The van der Waals surface area contributed by atoms with Gasteiger partial charge in [0.25, 0.3) is 11.8 Å². The first-order valence-corrected chi connectivity index (χ1v) is 10.4. The van der Waals surface area contributed by atoms with Gasteiger partial charge >= 0.3 is 0 Å². The number of hydrogen-bond acceptors (Lipinski definition) is 3. The van der Waals surface area contributed by atoms with E-state index in [1.807, 2.05) is 30.3 Å². The zero-order chi connectivity index (χ0) is 20.4. The third-order valence-electron chi connectivity index (χ3n) is 6.07. The summed E-state index contributed by atoms with van der Waals surface area (Å²) in [5, 5.41) is 3.12. The molecule has 1 fully saturated rings. The molecule has 1 saturated carbocycles. The van der Waals surface area contributed by atoms with Gasteiger partial charge in [-0.25, -0.2) is 0 Å². The van der Waals surface area contributed by atoms with E-state index in [0.717, 1.165) is 36.1 Å². The number of imide groups is 1. The Balaban J connectivity index is 1.60. The largest absolute Gasteiger partial charge is 0.352 e. The molecule has 5 heteroatoms. The Kier molecular flexibility index (Phi) is 5.47. The Morgan fingerprint density at radius 1 is 0.931 bits per heavy atom. The molecule has 3 amide bonds. The number of nitrogens with one attached hydrogen (secondary N) is 1. The van der Waals surface area contributed by atoms with E-state index in [0.29, 0.717) is 23.5 Å². The van der Waals surface area contributed by atoms with Crippen LogP contribution in [0.5, 0.6) is 0 Å². The Bertz CT molecular complexity index is 882. The van der Waals surface area contributed by atoms with Crippen molar-refractivity contribution in [3.05, 3.63) is 71.3 Å². The Morgan fingerprint density at radius 2 is 1.48 bits per heavy atom. The number of carbonyl (C=O) groups excluding carboxylic acids is 3. The van der Waals surface area contributed by atoms with E-state index in [1.165, 1.54) is 0 Å². The summed E-state index contributed by atoms with van der Waals surface area (Å²) in [6.07, 6.45) is 4.35. The van der Waals surface area contributed by atoms with Crippen LogP contribution in [0.1, 0.15) is 58.9 Å². The summed E-state index contributed by atoms with van der Waals surface area (Å²) in [5.74, 6) is -0.347. The van der Waals surface area contributed by atoms with Gasteiger partial charge in [-0.2, -0.15) is 0 Å². The average Bonchev–Trinajstić information content (AvgIpc) is 2.99. The van der Waals surface area contributed by atoms with Gasteiger partial charge in [-0.05, 0) is 49.3 Å². The summed E-state index contributed by atoms with van der Waals surface area (Å²) in [5.41, 5.74) is 1.66. The fraction of sp³-hybridized carbons (Fsp3) is 0.375. The molecule has 2 aromatic rings. The van der Waals surface area contributed by atoms with Gasteiger partial charge in [-0.15, -0.1) is 0 Å². The van der Waals surface area contributed by atoms with E-state index in [1.54, 1.807) is 24.3 Å². The molecule has 150 valence electrons. The smallest absolute Gasteiger partial charge is 0.262 e.